The normalized spacial score (nSPS) is 18.1. The summed E-state index contributed by atoms with van der Waals surface area (Å²) in [4.78, 5) is 10.5. The molecular formula is C45H31N3O. The van der Waals surface area contributed by atoms with Crippen LogP contribution < -0.4 is 5.32 Å². The first-order valence-electron chi connectivity index (χ1n) is 16.9. The molecule has 6 aromatic carbocycles. The predicted molar refractivity (Wildman–Crippen MR) is 202 cm³/mol. The van der Waals surface area contributed by atoms with Gasteiger partial charge in [0.2, 0.25) is 0 Å². The molecule has 2 aliphatic carbocycles. The van der Waals surface area contributed by atoms with Crippen LogP contribution in [0.25, 0.3) is 49.7 Å². The maximum Gasteiger partial charge on any atom is 0.163 e. The summed E-state index contributed by atoms with van der Waals surface area (Å²) < 4.78 is 6.85. The van der Waals surface area contributed by atoms with E-state index in [4.69, 9.17) is 14.4 Å². The number of hydrogen-bond acceptors (Lipinski definition) is 4. The molecule has 2 heterocycles. The number of rotatable bonds is 4. The molecule has 0 amide bonds. The largest absolute Gasteiger partial charge is 0.460 e. The summed E-state index contributed by atoms with van der Waals surface area (Å²) in [5.74, 6) is 2.76. The van der Waals surface area contributed by atoms with Crippen molar-refractivity contribution >= 4 is 50.3 Å². The Morgan fingerprint density at radius 3 is 2.29 bits per heavy atom. The molecule has 0 saturated carbocycles. The monoisotopic (exact) mass is 629 g/mol. The topological polar surface area (TPSA) is 49.9 Å². The molecule has 1 aliphatic heterocycles. The summed E-state index contributed by atoms with van der Waals surface area (Å²) in [5, 5.41) is 9.65. The van der Waals surface area contributed by atoms with Crippen LogP contribution in [0.3, 0.4) is 0 Å². The van der Waals surface area contributed by atoms with Gasteiger partial charge < -0.3 is 9.73 Å². The van der Waals surface area contributed by atoms with Crippen LogP contribution in [0.15, 0.2) is 172 Å². The Hall–Kier alpha value is -6.26. The van der Waals surface area contributed by atoms with Crippen molar-refractivity contribution in [3.8, 4) is 11.1 Å². The van der Waals surface area contributed by atoms with Crippen LogP contribution in [0.5, 0.6) is 0 Å². The SMILES string of the molecule is C1=CC2=Cc3c(oc4c(C5=NC(c6ccccc6)NC(c6ccccc6)=N5)cc(-c5ccc6ccc7ccccc7c6c5)cc34)CC2C=C1. The third-order valence-electron chi connectivity index (χ3n) is 10.0. The summed E-state index contributed by atoms with van der Waals surface area (Å²) in [7, 11) is 0. The van der Waals surface area contributed by atoms with Gasteiger partial charge in [0.1, 0.15) is 23.3 Å². The van der Waals surface area contributed by atoms with Crippen molar-refractivity contribution in [2.24, 2.45) is 15.9 Å². The van der Waals surface area contributed by atoms with Crippen LogP contribution in [-0.4, -0.2) is 11.7 Å². The molecule has 2 atom stereocenters. The van der Waals surface area contributed by atoms with E-state index in [1.165, 1.54) is 27.1 Å². The fraction of sp³-hybridized carbons (Fsp3) is 0.0667. The van der Waals surface area contributed by atoms with Crippen LogP contribution in [-0.2, 0) is 6.42 Å². The molecule has 1 N–H and O–H groups in total. The second-order valence-corrected chi connectivity index (χ2v) is 13.0. The van der Waals surface area contributed by atoms with Gasteiger partial charge in [-0.3, -0.25) is 0 Å². The number of hydrogen-bond donors (Lipinski definition) is 1. The second-order valence-electron chi connectivity index (χ2n) is 13.0. The molecule has 2 unspecified atom stereocenters. The summed E-state index contributed by atoms with van der Waals surface area (Å²) >= 11 is 0. The number of nitrogens with zero attached hydrogens (tertiary/aromatic N) is 2. The first-order valence-corrected chi connectivity index (χ1v) is 16.9. The van der Waals surface area contributed by atoms with Gasteiger partial charge in [-0.25, -0.2) is 9.98 Å². The van der Waals surface area contributed by atoms with E-state index < -0.39 is 0 Å². The van der Waals surface area contributed by atoms with Crippen molar-refractivity contribution in [3.05, 3.63) is 185 Å². The lowest BCUT2D eigenvalue weighted by Gasteiger charge is -2.24. The summed E-state index contributed by atoms with van der Waals surface area (Å²) in [5.41, 5.74) is 8.51. The maximum atomic E-state index is 6.85. The molecule has 3 aliphatic rings. The molecule has 0 spiro atoms. The zero-order chi connectivity index (χ0) is 32.3. The quantitative estimate of drug-likeness (QED) is 0.197. The van der Waals surface area contributed by atoms with Gasteiger partial charge in [0, 0.05) is 28.9 Å². The number of nitrogens with one attached hydrogen (secondary N) is 1. The van der Waals surface area contributed by atoms with E-state index in [0.717, 1.165) is 62.4 Å². The number of fused-ring (bicyclic) bond motifs is 7. The van der Waals surface area contributed by atoms with Crippen molar-refractivity contribution in [2.75, 3.05) is 0 Å². The second kappa shape index (κ2) is 11.2. The molecule has 0 bridgehead atoms. The standard InChI is InChI=1S/C45H31N3O/c1-3-12-30(13-4-1)43-46-44(31-14-5-2-6-15-31)48-45(47-43)40-26-35(34-22-21-29-20-19-28-11-9-10-18-36(28)37(29)23-34)25-39-38-24-32-16-7-8-17-33(32)27-41(38)49-42(39)40/h1-26,33,43H,27H2,(H,46,47,48). The third kappa shape index (κ3) is 4.76. The summed E-state index contributed by atoms with van der Waals surface area (Å²) in [6.07, 6.45) is 11.6. The van der Waals surface area contributed by atoms with Crippen LogP contribution >= 0.6 is 0 Å². The van der Waals surface area contributed by atoms with Crippen molar-refractivity contribution in [2.45, 2.75) is 12.6 Å². The Labute approximate surface area is 284 Å². The maximum absolute atomic E-state index is 6.85. The Kier molecular flexibility index (Phi) is 6.34. The zero-order valence-electron chi connectivity index (χ0n) is 26.7. The first-order chi connectivity index (χ1) is 24.2. The molecular weight excluding hydrogens is 599 g/mol. The van der Waals surface area contributed by atoms with Gasteiger partial charge in [0.05, 0.1) is 5.56 Å². The molecule has 4 nitrogen and oxygen atoms in total. The van der Waals surface area contributed by atoms with E-state index in [1.54, 1.807) is 0 Å². The zero-order valence-corrected chi connectivity index (χ0v) is 26.7. The molecule has 0 saturated heterocycles. The molecule has 7 aromatic rings. The lowest BCUT2D eigenvalue weighted by Crippen LogP contribution is -2.33. The summed E-state index contributed by atoms with van der Waals surface area (Å²) in [6, 6.07) is 45.0. The van der Waals surface area contributed by atoms with E-state index in [1.807, 2.05) is 24.3 Å². The lowest BCUT2D eigenvalue weighted by atomic mass is 9.83. The Bertz CT molecular complexity index is 2600. The van der Waals surface area contributed by atoms with E-state index in [-0.39, 0.29) is 6.17 Å². The summed E-state index contributed by atoms with van der Waals surface area (Å²) in [6.45, 7) is 0. The average molecular weight is 630 g/mol. The van der Waals surface area contributed by atoms with Crippen LogP contribution in [0.1, 0.15) is 34.2 Å². The minimum Gasteiger partial charge on any atom is -0.460 e. The number of furan rings is 1. The van der Waals surface area contributed by atoms with Gasteiger partial charge in [-0.15, -0.1) is 0 Å². The third-order valence-corrected chi connectivity index (χ3v) is 10.0. The highest BCUT2D eigenvalue weighted by Crippen LogP contribution is 2.42. The fourth-order valence-electron chi connectivity index (χ4n) is 7.52. The lowest BCUT2D eigenvalue weighted by molar-refractivity contribution is 0.520. The molecule has 0 radical (unpaired) electrons. The minimum absolute atomic E-state index is 0.306. The number of amidine groups is 2. The van der Waals surface area contributed by atoms with Gasteiger partial charge in [-0.2, -0.15) is 0 Å². The average Bonchev–Trinajstić information content (AvgIpc) is 3.54. The molecule has 10 rings (SSSR count). The Morgan fingerprint density at radius 1 is 0.653 bits per heavy atom. The smallest absolute Gasteiger partial charge is 0.163 e. The highest BCUT2D eigenvalue weighted by Gasteiger charge is 2.29. The Balaban J connectivity index is 1.23. The predicted octanol–water partition coefficient (Wildman–Crippen LogP) is 10.6. The van der Waals surface area contributed by atoms with Crippen molar-refractivity contribution in [1.82, 2.24) is 5.32 Å². The van der Waals surface area contributed by atoms with E-state index in [0.29, 0.717) is 11.8 Å². The highest BCUT2D eigenvalue weighted by molar-refractivity contribution is 6.18. The van der Waals surface area contributed by atoms with Crippen LogP contribution in [0, 0.1) is 5.92 Å². The highest BCUT2D eigenvalue weighted by atomic mass is 16.3. The van der Waals surface area contributed by atoms with E-state index in [9.17, 15) is 0 Å². The van der Waals surface area contributed by atoms with Crippen molar-refractivity contribution in [3.63, 3.8) is 0 Å². The van der Waals surface area contributed by atoms with Crippen molar-refractivity contribution < 1.29 is 4.42 Å². The molecule has 4 heteroatoms. The molecule has 232 valence electrons. The van der Waals surface area contributed by atoms with E-state index in [2.05, 4.69) is 139 Å². The first kappa shape index (κ1) is 27.8. The van der Waals surface area contributed by atoms with Gasteiger partial charge >= 0.3 is 0 Å². The number of allylic oxidation sites excluding steroid dienone is 5. The Morgan fingerprint density at radius 2 is 1.41 bits per heavy atom. The van der Waals surface area contributed by atoms with Gasteiger partial charge in [0.15, 0.2) is 5.84 Å². The molecule has 0 fully saturated rings. The fourth-order valence-corrected chi connectivity index (χ4v) is 7.52. The minimum atomic E-state index is -0.306. The molecule has 49 heavy (non-hydrogen) atoms. The van der Waals surface area contributed by atoms with Gasteiger partial charge in [-0.1, -0.05) is 133 Å². The number of benzene rings is 6. The van der Waals surface area contributed by atoms with Crippen molar-refractivity contribution in [1.29, 1.82) is 0 Å². The number of aliphatic imine (C=N–C) groups is 2. The van der Waals surface area contributed by atoms with Gasteiger partial charge in [0.25, 0.3) is 0 Å². The van der Waals surface area contributed by atoms with Crippen LogP contribution in [0.2, 0.25) is 0 Å². The van der Waals surface area contributed by atoms with E-state index >= 15 is 0 Å². The molecule has 1 aromatic heterocycles. The van der Waals surface area contributed by atoms with Gasteiger partial charge in [-0.05, 0) is 68.1 Å². The van der Waals surface area contributed by atoms with Crippen LogP contribution in [0.4, 0.5) is 0 Å².